The second-order valence-electron chi connectivity index (χ2n) is 7.87. The summed E-state index contributed by atoms with van der Waals surface area (Å²) in [5, 5.41) is 0. The van der Waals surface area contributed by atoms with Crippen molar-refractivity contribution >= 4 is 17.7 Å². The minimum Gasteiger partial charge on any atom is -0.341 e. The van der Waals surface area contributed by atoms with Crippen molar-refractivity contribution in [3.8, 4) is 0 Å². The Morgan fingerprint density at radius 2 is 1.85 bits per heavy atom. The van der Waals surface area contributed by atoms with Crippen LogP contribution in [0.25, 0.3) is 0 Å². The maximum absolute atomic E-state index is 12.8. The highest BCUT2D eigenvalue weighted by molar-refractivity contribution is 5.95. The van der Waals surface area contributed by atoms with E-state index in [1.54, 1.807) is 9.80 Å². The summed E-state index contributed by atoms with van der Waals surface area (Å²) in [6, 6.07) is 9.55. The lowest BCUT2D eigenvalue weighted by atomic mass is 10.1. The summed E-state index contributed by atoms with van der Waals surface area (Å²) in [6.45, 7) is 6.34. The van der Waals surface area contributed by atoms with E-state index >= 15 is 0 Å². The number of carbonyl (C=O) groups excluding carboxylic acids is 3. The first-order valence-corrected chi connectivity index (χ1v) is 9.85. The maximum atomic E-state index is 12.8. The van der Waals surface area contributed by atoms with E-state index in [1.165, 1.54) is 0 Å². The van der Waals surface area contributed by atoms with Crippen molar-refractivity contribution in [3.63, 3.8) is 0 Å². The molecule has 6 nitrogen and oxygen atoms in total. The van der Waals surface area contributed by atoms with E-state index in [4.69, 9.17) is 0 Å². The third-order valence-electron chi connectivity index (χ3n) is 5.31. The molecule has 0 aromatic heterocycles. The molecule has 2 heterocycles. The van der Waals surface area contributed by atoms with Gasteiger partial charge in [-0.15, -0.1) is 0 Å². The Kier molecular flexibility index (Phi) is 6.14. The number of fused-ring (bicyclic) bond motifs is 1. The van der Waals surface area contributed by atoms with Crippen molar-refractivity contribution in [2.45, 2.75) is 39.2 Å². The van der Waals surface area contributed by atoms with E-state index in [2.05, 4.69) is 0 Å². The van der Waals surface area contributed by atoms with Gasteiger partial charge in [0, 0.05) is 32.6 Å². The molecular formula is C21H29N3O3. The molecule has 1 atom stereocenters. The van der Waals surface area contributed by atoms with Gasteiger partial charge in [-0.1, -0.05) is 44.2 Å². The number of amides is 3. The van der Waals surface area contributed by atoms with Gasteiger partial charge in [-0.25, -0.2) is 0 Å². The molecule has 1 aromatic carbocycles. The van der Waals surface area contributed by atoms with E-state index < -0.39 is 6.04 Å². The Labute approximate surface area is 161 Å². The standard InChI is InChI=1S/C21H29N3O3/c1-16(2)14-23-15-20(26)24-13-12-22(11-10-18(24)21(23)27)19(25)9-8-17-6-4-3-5-7-17/h3-7,16,18H,8-15H2,1-2H3. The molecule has 0 N–H and O–H groups in total. The lowest BCUT2D eigenvalue weighted by molar-refractivity contribution is -0.156. The van der Waals surface area contributed by atoms with Crippen LogP contribution in [0.15, 0.2) is 30.3 Å². The zero-order valence-corrected chi connectivity index (χ0v) is 16.3. The molecule has 2 saturated heterocycles. The van der Waals surface area contributed by atoms with Crippen LogP contribution in [0, 0.1) is 5.92 Å². The quantitative estimate of drug-likeness (QED) is 0.789. The minimum atomic E-state index is -0.420. The molecule has 3 rings (SSSR count). The number of aryl methyl sites for hydroxylation is 1. The number of nitrogens with zero attached hydrogens (tertiary/aromatic N) is 3. The smallest absolute Gasteiger partial charge is 0.245 e. The van der Waals surface area contributed by atoms with Gasteiger partial charge in [-0.2, -0.15) is 0 Å². The number of benzene rings is 1. The van der Waals surface area contributed by atoms with Crippen molar-refractivity contribution in [1.29, 1.82) is 0 Å². The fourth-order valence-electron chi connectivity index (χ4n) is 3.93. The van der Waals surface area contributed by atoms with Gasteiger partial charge in [0.05, 0.1) is 6.54 Å². The Morgan fingerprint density at radius 1 is 1.11 bits per heavy atom. The zero-order valence-electron chi connectivity index (χ0n) is 16.3. The van der Waals surface area contributed by atoms with E-state index in [0.29, 0.717) is 51.4 Å². The number of rotatable bonds is 5. The monoisotopic (exact) mass is 371 g/mol. The van der Waals surface area contributed by atoms with Crippen molar-refractivity contribution in [2.75, 3.05) is 32.7 Å². The fourth-order valence-corrected chi connectivity index (χ4v) is 3.93. The van der Waals surface area contributed by atoms with E-state index in [0.717, 1.165) is 5.56 Å². The van der Waals surface area contributed by atoms with Crippen LogP contribution in [0.5, 0.6) is 0 Å². The fraction of sp³-hybridized carbons (Fsp3) is 0.571. The predicted molar refractivity (Wildman–Crippen MR) is 103 cm³/mol. The molecule has 2 aliphatic heterocycles. The van der Waals surface area contributed by atoms with E-state index in [9.17, 15) is 14.4 Å². The highest BCUT2D eigenvalue weighted by Gasteiger charge is 2.41. The minimum absolute atomic E-state index is 0.00108. The molecule has 1 unspecified atom stereocenters. The molecule has 3 amide bonds. The highest BCUT2D eigenvalue weighted by atomic mass is 16.2. The normalized spacial score (nSPS) is 20.7. The molecule has 6 heteroatoms. The molecule has 0 bridgehead atoms. The van der Waals surface area contributed by atoms with Crippen LogP contribution in [-0.2, 0) is 20.8 Å². The van der Waals surface area contributed by atoms with Gasteiger partial charge in [0.25, 0.3) is 0 Å². The predicted octanol–water partition coefficient (Wildman–Crippen LogP) is 1.55. The lowest BCUT2D eigenvalue weighted by Gasteiger charge is -2.39. The van der Waals surface area contributed by atoms with Gasteiger partial charge in [0.1, 0.15) is 6.04 Å². The Hall–Kier alpha value is -2.37. The maximum Gasteiger partial charge on any atom is 0.245 e. The third kappa shape index (κ3) is 4.67. The first-order chi connectivity index (χ1) is 13.0. The summed E-state index contributed by atoms with van der Waals surface area (Å²) < 4.78 is 0. The van der Waals surface area contributed by atoms with Crippen LogP contribution in [-0.4, -0.2) is 71.2 Å². The summed E-state index contributed by atoms with van der Waals surface area (Å²) in [4.78, 5) is 43.2. The number of piperazine rings is 1. The summed E-state index contributed by atoms with van der Waals surface area (Å²) in [5.74, 6) is 0.452. The van der Waals surface area contributed by atoms with Crippen molar-refractivity contribution in [1.82, 2.24) is 14.7 Å². The van der Waals surface area contributed by atoms with Gasteiger partial charge >= 0.3 is 0 Å². The Bertz CT molecular complexity index is 689. The van der Waals surface area contributed by atoms with Crippen LogP contribution >= 0.6 is 0 Å². The molecule has 27 heavy (non-hydrogen) atoms. The molecule has 0 aliphatic carbocycles. The second-order valence-corrected chi connectivity index (χ2v) is 7.87. The SMILES string of the molecule is CC(C)CN1CC(=O)N2CCN(C(=O)CCc3ccccc3)CCC2C1=O. The second kappa shape index (κ2) is 8.55. The summed E-state index contributed by atoms with van der Waals surface area (Å²) in [5.41, 5.74) is 1.15. The zero-order chi connectivity index (χ0) is 19.4. The molecule has 0 spiro atoms. The Balaban J connectivity index is 1.60. The van der Waals surface area contributed by atoms with Crippen LogP contribution in [0.2, 0.25) is 0 Å². The number of hydrogen-bond acceptors (Lipinski definition) is 3. The van der Waals surface area contributed by atoms with Gasteiger partial charge in [-0.05, 0) is 24.3 Å². The van der Waals surface area contributed by atoms with Crippen LogP contribution in [0.1, 0.15) is 32.3 Å². The molecule has 0 radical (unpaired) electrons. The summed E-state index contributed by atoms with van der Waals surface area (Å²) in [7, 11) is 0. The molecular weight excluding hydrogens is 342 g/mol. The first kappa shape index (κ1) is 19.4. The average Bonchev–Trinajstić information content (AvgIpc) is 2.88. The summed E-state index contributed by atoms with van der Waals surface area (Å²) >= 11 is 0. The van der Waals surface area contributed by atoms with Gasteiger partial charge in [-0.3, -0.25) is 14.4 Å². The van der Waals surface area contributed by atoms with Crippen LogP contribution in [0.3, 0.4) is 0 Å². The molecule has 2 aliphatic rings. The van der Waals surface area contributed by atoms with Crippen molar-refractivity contribution in [3.05, 3.63) is 35.9 Å². The van der Waals surface area contributed by atoms with Gasteiger partial charge in [0.2, 0.25) is 17.7 Å². The number of hydrogen-bond donors (Lipinski definition) is 0. The van der Waals surface area contributed by atoms with Crippen LogP contribution in [0.4, 0.5) is 0 Å². The van der Waals surface area contributed by atoms with Gasteiger partial charge < -0.3 is 14.7 Å². The summed E-state index contributed by atoms with van der Waals surface area (Å²) in [6.07, 6.45) is 1.69. The van der Waals surface area contributed by atoms with Crippen LogP contribution < -0.4 is 0 Å². The third-order valence-corrected chi connectivity index (χ3v) is 5.31. The molecule has 2 fully saturated rings. The highest BCUT2D eigenvalue weighted by Crippen LogP contribution is 2.20. The van der Waals surface area contributed by atoms with Gasteiger partial charge in [0.15, 0.2) is 0 Å². The molecule has 0 saturated carbocycles. The van der Waals surface area contributed by atoms with Crippen molar-refractivity contribution in [2.24, 2.45) is 5.92 Å². The van der Waals surface area contributed by atoms with E-state index in [1.807, 2.05) is 49.1 Å². The first-order valence-electron chi connectivity index (χ1n) is 9.85. The molecule has 1 aromatic rings. The number of carbonyl (C=O) groups is 3. The topological polar surface area (TPSA) is 60.9 Å². The largest absolute Gasteiger partial charge is 0.341 e. The lowest BCUT2D eigenvalue weighted by Crippen LogP contribution is -2.60. The molecule has 146 valence electrons. The Morgan fingerprint density at radius 3 is 2.56 bits per heavy atom. The average molecular weight is 371 g/mol. The van der Waals surface area contributed by atoms with E-state index in [-0.39, 0.29) is 24.3 Å². The van der Waals surface area contributed by atoms with Crippen molar-refractivity contribution < 1.29 is 14.4 Å².